The molecule has 1 aromatic heterocycles. The zero-order valence-corrected chi connectivity index (χ0v) is 23.7. The maximum atomic E-state index is 13.0. The number of thioether (sulfide) groups is 1. The fraction of sp³-hybridized carbons (Fsp3) is 0.280. The molecule has 0 aliphatic carbocycles. The van der Waals surface area contributed by atoms with Crippen molar-refractivity contribution < 1.29 is 9.59 Å². The van der Waals surface area contributed by atoms with Gasteiger partial charge in [0.25, 0.3) is 5.91 Å². The van der Waals surface area contributed by atoms with Gasteiger partial charge in [0.05, 0.1) is 27.4 Å². The Morgan fingerprint density at radius 3 is 2.58 bits per heavy atom. The molecule has 2 aromatic carbocycles. The van der Waals surface area contributed by atoms with Crippen LogP contribution in [-0.4, -0.2) is 32.3 Å². The number of carbonyl (C=O) groups excluding carboxylic acids is 2. The number of nitrogens with zero attached hydrogens (tertiary/aromatic N) is 3. The Kier molecular flexibility index (Phi) is 10.4. The van der Waals surface area contributed by atoms with Gasteiger partial charge in [-0.3, -0.25) is 9.59 Å². The molecule has 0 bridgehead atoms. The number of aromatic nitrogens is 3. The lowest BCUT2D eigenvalue weighted by Crippen LogP contribution is -2.32. The van der Waals surface area contributed by atoms with Crippen molar-refractivity contribution in [1.82, 2.24) is 20.1 Å². The molecule has 0 radical (unpaired) electrons. The molecular weight excluding hydrogens is 585 g/mol. The van der Waals surface area contributed by atoms with E-state index in [1.54, 1.807) is 48.5 Å². The van der Waals surface area contributed by atoms with Crippen molar-refractivity contribution in [3.8, 4) is 0 Å². The number of halogens is 3. The number of allylic oxidation sites excluding steroid dienone is 1. The van der Waals surface area contributed by atoms with E-state index in [9.17, 15) is 9.59 Å². The van der Waals surface area contributed by atoms with E-state index in [2.05, 4.69) is 57.2 Å². The average molecular weight is 611 g/mol. The number of rotatable bonds is 11. The molecule has 3 aromatic rings. The molecule has 11 heteroatoms. The SMILES string of the molecule is C=CCn1c(SCC(=O)Nc2ccc(Br)c(Cl)c2)nnc1[C@@H](CC(C)C)NC(=O)c1ccccc1Cl. The molecule has 0 saturated carbocycles. The largest absolute Gasteiger partial charge is 0.342 e. The van der Waals surface area contributed by atoms with Crippen LogP contribution in [0.5, 0.6) is 0 Å². The van der Waals surface area contributed by atoms with Gasteiger partial charge in [-0.05, 0) is 58.6 Å². The van der Waals surface area contributed by atoms with Gasteiger partial charge in [-0.2, -0.15) is 0 Å². The minimum atomic E-state index is -0.408. The first-order valence-corrected chi connectivity index (χ1v) is 13.7. The summed E-state index contributed by atoms with van der Waals surface area (Å²) < 4.78 is 2.61. The van der Waals surface area contributed by atoms with E-state index in [1.807, 2.05) is 4.57 Å². The normalized spacial score (nSPS) is 11.8. The quantitative estimate of drug-likeness (QED) is 0.184. The van der Waals surface area contributed by atoms with E-state index in [1.165, 1.54) is 11.8 Å². The minimum absolute atomic E-state index is 0.115. The predicted octanol–water partition coefficient (Wildman–Crippen LogP) is 6.78. The number of anilines is 1. The minimum Gasteiger partial charge on any atom is -0.342 e. The molecule has 1 atom stereocenters. The molecule has 0 spiro atoms. The highest BCUT2D eigenvalue weighted by Crippen LogP contribution is 2.28. The third-order valence-corrected chi connectivity index (χ3v) is 7.56. The smallest absolute Gasteiger partial charge is 0.253 e. The van der Waals surface area contributed by atoms with Crippen LogP contribution < -0.4 is 10.6 Å². The van der Waals surface area contributed by atoms with Crippen LogP contribution in [0.3, 0.4) is 0 Å². The molecule has 0 aliphatic heterocycles. The summed E-state index contributed by atoms with van der Waals surface area (Å²) in [5, 5.41) is 16.0. The van der Waals surface area contributed by atoms with Gasteiger partial charge in [0, 0.05) is 16.7 Å². The van der Waals surface area contributed by atoms with Gasteiger partial charge in [0.2, 0.25) is 5.91 Å². The third-order valence-electron chi connectivity index (χ3n) is 5.04. The van der Waals surface area contributed by atoms with Gasteiger partial charge in [-0.1, -0.05) is 67.0 Å². The first-order valence-electron chi connectivity index (χ1n) is 11.2. The average Bonchev–Trinajstić information content (AvgIpc) is 3.22. The summed E-state index contributed by atoms with van der Waals surface area (Å²) in [5.41, 5.74) is 0.989. The molecule has 190 valence electrons. The summed E-state index contributed by atoms with van der Waals surface area (Å²) in [4.78, 5) is 25.5. The van der Waals surface area contributed by atoms with Crippen LogP contribution in [0.1, 0.15) is 42.5 Å². The maximum Gasteiger partial charge on any atom is 0.253 e. The fourth-order valence-electron chi connectivity index (χ4n) is 3.45. The summed E-state index contributed by atoms with van der Waals surface area (Å²) in [6.45, 7) is 8.39. The van der Waals surface area contributed by atoms with Gasteiger partial charge < -0.3 is 15.2 Å². The lowest BCUT2D eigenvalue weighted by atomic mass is 10.0. The zero-order chi connectivity index (χ0) is 26.2. The van der Waals surface area contributed by atoms with Crippen LogP contribution in [0, 0.1) is 5.92 Å². The molecule has 0 saturated heterocycles. The van der Waals surface area contributed by atoms with Crippen LogP contribution in [0.4, 0.5) is 5.69 Å². The van der Waals surface area contributed by atoms with Crippen LogP contribution in [0.15, 0.2) is 64.7 Å². The van der Waals surface area contributed by atoms with Crippen LogP contribution in [0.25, 0.3) is 0 Å². The third kappa shape index (κ3) is 7.59. The maximum absolute atomic E-state index is 13.0. The molecule has 3 rings (SSSR count). The number of hydrogen-bond acceptors (Lipinski definition) is 5. The molecule has 7 nitrogen and oxygen atoms in total. The topological polar surface area (TPSA) is 88.9 Å². The highest BCUT2D eigenvalue weighted by Gasteiger charge is 2.25. The predicted molar refractivity (Wildman–Crippen MR) is 150 cm³/mol. The van der Waals surface area contributed by atoms with Crippen LogP contribution in [-0.2, 0) is 11.3 Å². The summed E-state index contributed by atoms with van der Waals surface area (Å²) >= 11 is 16.9. The Balaban J connectivity index is 1.77. The first-order chi connectivity index (χ1) is 17.2. The van der Waals surface area contributed by atoms with Crippen LogP contribution in [0.2, 0.25) is 10.0 Å². The summed E-state index contributed by atoms with van der Waals surface area (Å²) in [7, 11) is 0. The van der Waals surface area contributed by atoms with Crippen molar-refractivity contribution in [3.05, 3.63) is 81.0 Å². The second-order valence-corrected chi connectivity index (χ2v) is 11.0. The summed E-state index contributed by atoms with van der Waals surface area (Å²) in [6.07, 6.45) is 2.37. The molecule has 0 unspecified atom stereocenters. The van der Waals surface area contributed by atoms with Crippen molar-refractivity contribution in [2.45, 2.75) is 38.0 Å². The van der Waals surface area contributed by atoms with E-state index >= 15 is 0 Å². The van der Waals surface area contributed by atoms with Crippen molar-refractivity contribution in [2.24, 2.45) is 5.92 Å². The van der Waals surface area contributed by atoms with E-state index < -0.39 is 6.04 Å². The zero-order valence-electron chi connectivity index (χ0n) is 19.8. The van der Waals surface area contributed by atoms with E-state index in [0.29, 0.717) is 45.2 Å². The Morgan fingerprint density at radius 2 is 1.92 bits per heavy atom. The summed E-state index contributed by atoms with van der Waals surface area (Å²) in [5.74, 6) is 0.477. The summed E-state index contributed by atoms with van der Waals surface area (Å²) in [6, 6.07) is 11.7. The van der Waals surface area contributed by atoms with Gasteiger partial charge in [-0.25, -0.2) is 0 Å². The lowest BCUT2D eigenvalue weighted by Gasteiger charge is -2.21. The van der Waals surface area contributed by atoms with Crippen molar-refractivity contribution in [2.75, 3.05) is 11.1 Å². The number of nitrogens with one attached hydrogen (secondary N) is 2. The highest BCUT2D eigenvalue weighted by atomic mass is 79.9. The molecule has 2 amide bonds. The highest BCUT2D eigenvalue weighted by molar-refractivity contribution is 9.10. The van der Waals surface area contributed by atoms with Crippen molar-refractivity contribution in [1.29, 1.82) is 0 Å². The Labute approximate surface area is 233 Å². The molecular formula is C25H26BrCl2N5O2S. The fourth-order valence-corrected chi connectivity index (χ4v) is 4.85. The lowest BCUT2D eigenvalue weighted by molar-refractivity contribution is -0.113. The Bertz CT molecular complexity index is 1250. The Morgan fingerprint density at radius 1 is 1.17 bits per heavy atom. The standard InChI is InChI=1S/C25H26BrCl2N5O2S/c1-4-11-33-23(21(12-15(2)3)30-24(35)17-7-5-6-8-19(17)27)31-32-25(33)36-14-22(34)29-16-9-10-18(26)20(28)13-16/h4-10,13,15,21H,1,11-12,14H2,2-3H3,(H,29,34)(H,30,35)/t21-/m1/s1. The van der Waals surface area contributed by atoms with Crippen molar-refractivity contribution in [3.63, 3.8) is 0 Å². The number of hydrogen-bond donors (Lipinski definition) is 2. The molecule has 0 aliphatic rings. The van der Waals surface area contributed by atoms with Gasteiger partial charge in [0.1, 0.15) is 0 Å². The van der Waals surface area contributed by atoms with E-state index in [-0.39, 0.29) is 23.5 Å². The second kappa shape index (κ2) is 13.3. The van der Waals surface area contributed by atoms with Crippen molar-refractivity contribution >= 4 is 68.4 Å². The van der Waals surface area contributed by atoms with Gasteiger partial charge in [-0.15, -0.1) is 16.8 Å². The second-order valence-electron chi connectivity index (χ2n) is 8.34. The number of benzene rings is 2. The molecule has 36 heavy (non-hydrogen) atoms. The van der Waals surface area contributed by atoms with Gasteiger partial charge in [0.15, 0.2) is 11.0 Å². The van der Waals surface area contributed by atoms with E-state index in [4.69, 9.17) is 23.2 Å². The monoisotopic (exact) mass is 609 g/mol. The first kappa shape index (κ1) is 28.2. The molecule has 2 N–H and O–H groups in total. The van der Waals surface area contributed by atoms with Crippen LogP contribution >= 0.6 is 50.9 Å². The number of amides is 2. The molecule has 0 fully saturated rings. The van der Waals surface area contributed by atoms with Gasteiger partial charge >= 0.3 is 0 Å². The van der Waals surface area contributed by atoms with E-state index in [0.717, 1.165) is 4.47 Å². The number of carbonyl (C=O) groups is 2. The molecule has 1 heterocycles. The Hall–Kier alpha value is -2.33.